The van der Waals surface area contributed by atoms with E-state index in [1.807, 2.05) is 0 Å². The maximum atomic E-state index is 11.5. The standard InChI is InChI=1S/C12H21N3O3/c1-3-18-12(17)15(2)9-13-11(16)14-10-7-5-4-6-8-10/h9-10H,3-8H2,1-2H3,(H,14,16). The van der Waals surface area contributed by atoms with Gasteiger partial charge in [-0.1, -0.05) is 19.3 Å². The number of amides is 3. The van der Waals surface area contributed by atoms with Crippen molar-refractivity contribution in [1.82, 2.24) is 10.2 Å². The zero-order valence-corrected chi connectivity index (χ0v) is 11.0. The molecule has 0 aromatic rings. The van der Waals surface area contributed by atoms with E-state index in [1.54, 1.807) is 6.92 Å². The Balaban J connectivity index is 2.31. The molecular formula is C12H21N3O3. The van der Waals surface area contributed by atoms with Gasteiger partial charge in [-0.15, -0.1) is 0 Å². The molecule has 6 heteroatoms. The first-order valence-corrected chi connectivity index (χ1v) is 6.37. The van der Waals surface area contributed by atoms with Gasteiger partial charge in [-0.2, -0.15) is 4.99 Å². The number of rotatable bonds is 3. The Labute approximate surface area is 107 Å². The zero-order chi connectivity index (χ0) is 13.4. The van der Waals surface area contributed by atoms with E-state index >= 15 is 0 Å². The summed E-state index contributed by atoms with van der Waals surface area (Å²) in [7, 11) is 1.50. The van der Waals surface area contributed by atoms with Crippen molar-refractivity contribution < 1.29 is 14.3 Å². The summed E-state index contributed by atoms with van der Waals surface area (Å²) in [5, 5.41) is 2.83. The number of nitrogens with zero attached hydrogens (tertiary/aromatic N) is 2. The number of hydrogen-bond donors (Lipinski definition) is 1. The van der Waals surface area contributed by atoms with Crippen molar-refractivity contribution in [3.05, 3.63) is 0 Å². The number of carbonyl (C=O) groups excluding carboxylic acids is 2. The molecule has 0 atom stereocenters. The fourth-order valence-corrected chi connectivity index (χ4v) is 1.87. The molecule has 0 radical (unpaired) electrons. The Morgan fingerprint density at radius 3 is 2.67 bits per heavy atom. The number of ether oxygens (including phenoxy) is 1. The Morgan fingerprint density at radius 1 is 1.39 bits per heavy atom. The lowest BCUT2D eigenvalue weighted by Gasteiger charge is -2.21. The lowest BCUT2D eigenvalue weighted by Crippen LogP contribution is -2.35. The molecular weight excluding hydrogens is 234 g/mol. The van der Waals surface area contributed by atoms with Crippen molar-refractivity contribution >= 4 is 18.5 Å². The van der Waals surface area contributed by atoms with E-state index in [1.165, 1.54) is 19.8 Å². The Hall–Kier alpha value is -1.59. The number of hydrogen-bond acceptors (Lipinski definition) is 3. The third-order valence-electron chi connectivity index (χ3n) is 2.84. The van der Waals surface area contributed by atoms with Gasteiger partial charge in [-0.05, 0) is 19.8 Å². The molecule has 1 N–H and O–H groups in total. The van der Waals surface area contributed by atoms with Gasteiger partial charge in [0.05, 0.1) is 6.61 Å². The molecule has 3 amide bonds. The Morgan fingerprint density at radius 2 is 2.06 bits per heavy atom. The monoisotopic (exact) mass is 255 g/mol. The molecule has 1 fully saturated rings. The van der Waals surface area contributed by atoms with Crippen LogP contribution in [0.25, 0.3) is 0 Å². The van der Waals surface area contributed by atoms with E-state index in [0.717, 1.165) is 30.6 Å². The van der Waals surface area contributed by atoms with Gasteiger partial charge in [-0.25, -0.2) is 9.59 Å². The topological polar surface area (TPSA) is 71.0 Å². The van der Waals surface area contributed by atoms with Crippen LogP contribution in [0.2, 0.25) is 0 Å². The average Bonchev–Trinajstić information content (AvgIpc) is 2.37. The molecule has 0 spiro atoms. The Kier molecular flexibility index (Phi) is 6.18. The number of urea groups is 1. The van der Waals surface area contributed by atoms with Crippen molar-refractivity contribution in [2.24, 2.45) is 4.99 Å². The maximum absolute atomic E-state index is 11.5. The highest BCUT2D eigenvalue weighted by molar-refractivity contribution is 5.89. The minimum absolute atomic E-state index is 0.219. The smallest absolute Gasteiger partial charge is 0.414 e. The summed E-state index contributed by atoms with van der Waals surface area (Å²) in [6.45, 7) is 2.02. The summed E-state index contributed by atoms with van der Waals surface area (Å²) in [4.78, 5) is 27.5. The lowest BCUT2D eigenvalue weighted by molar-refractivity contribution is 0.134. The van der Waals surface area contributed by atoms with Crippen LogP contribution in [0.5, 0.6) is 0 Å². The van der Waals surface area contributed by atoms with Crippen molar-refractivity contribution in [2.45, 2.75) is 45.1 Å². The van der Waals surface area contributed by atoms with E-state index in [4.69, 9.17) is 4.74 Å². The van der Waals surface area contributed by atoms with Gasteiger partial charge in [0.15, 0.2) is 0 Å². The normalized spacial score (nSPS) is 16.6. The van der Waals surface area contributed by atoms with Gasteiger partial charge in [0.25, 0.3) is 0 Å². The highest BCUT2D eigenvalue weighted by Crippen LogP contribution is 2.17. The van der Waals surface area contributed by atoms with Crippen molar-refractivity contribution in [3.8, 4) is 0 Å². The predicted molar refractivity (Wildman–Crippen MR) is 68.7 cm³/mol. The van der Waals surface area contributed by atoms with Gasteiger partial charge >= 0.3 is 12.1 Å². The van der Waals surface area contributed by atoms with Crippen molar-refractivity contribution in [1.29, 1.82) is 0 Å². The van der Waals surface area contributed by atoms with Gasteiger partial charge in [-0.3, -0.25) is 4.90 Å². The van der Waals surface area contributed by atoms with Gasteiger partial charge in [0.2, 0.25) is 0 Å². The van der Waals surface area contributed by atoms with Crippen LogP contribution in [0, 0.1) is 0 Å². The van der Waals surface area contributed by atoms with Crippen LogP contribution in [-0.2, 0) is 4.74 Å². The molecule has 0 saturated heterocycles. The van der Waals surface area contributed by atoms with Crippen LogP contribution >= 0.6 is 0 Å². The second-order valence-corrected chi connectivity index (χ2v) is 4.34. The van der Waals surface area contributed by atoms with Crippen LogP contribution < -0.4 is 5.32 Å². The molecule has 0 unspecified atom stereocenters. The zero-order valence-electron chi connectivity index (χ0n) is 11.0. The van der Waals surface area contributed by atoms with Crippen LogP contribution in [0.4, 0.5) is 9.59 Å². The molecule has 6 nitrogen and oxygen atoms in total. The first kappa shape index (κ1) is 14.5. The lowest BCUT2D eigenvalue weighted by atomic mass is 9.96. The number of aliphatic imine (C=N–C) groups is 1. The summed E-state index contributed by atoms with van der Waals surface area (Å²) in [5.41, 5.74) is 0. The predicted octanol–water partition coefficient (Wildman–Crippen LogP) is 2.15. The van der Waals surface area contributed by atoms with E-state index in [0.29, 0.717) is 6.61 Å². The average molecular weight is 255 g/mol. The third kappa shape index (κ3) is 5.16. The summed E-state index contributed by atoms with van der Waals surface area (Å²) in [6.07, 6.45) is 6.21. The second-order valence-electron chi connectivity index (χ2n) is 4.34. The molecule has 0 bridgehead atoms. The minimum atomic E-state index is -0.522. The maximum Gasteiger partial charge on any atom is 0.414 e. The van der Waals surface area contributed by atoms with E-state index < -0.39 is 12.1 Å². The highest BCUT2D eigenvalue weighted by atomic mass is 16.5. The van der Waals surface area contributed by atoms with Gasteiger partial charge in [0, 0.05) is 13.1 Å². The first-order valence-electron chi connectivity index (χ1n) is 6.37. The molecule has 0 aliphatic heterocycles. The van der Waals surface area contributed by atoms with E-state index in [2.05, 4.69) is 10.3 Å². The minimum Gasteiger partial charge on any atom is -0.449 e. The van der Waals surface area contributed by atoms with Crippen molar-refractivity contribution in [2.75, 3.05) is 13.7 Å². The van der Waals surface area contributed by atoms with E-state index in [9.17, 15) is 9.59 Å². The van der Waals surface area contributed by atoms with Crippen LogP contribution in [-0.4, -0.2) is 43.1 Å². The number of carbonyl (C=O) groups is 2. The molecule has 18 heavy (non-hydrogen) atoms. The van der Waals surface area contributed by atoms with Gasteiger partial charge in [0.1, 0.15) is 6.34 Å². The quantitative estimate of drug-likeness (QED) is 0.620. The first-order chi connectivity index (χ1) is 8.63. The summed E-state index contributed by atoms with van der Waals surface area (Å²) < 4.78 is 4.75. The fourth-order valence-electron chi connectivity index (χ4n) is 1.87. The molecule has 1 rings (SSSR count). The highest BCUT2D eigenvalue weighted by Gasteiger charge is 2.15. The van der Waals surface area contributed by atoms with E-state index in [-0.39, 0.29) is 6.04 Å². The largest absolute Gasteiger partial charge is 0.449 e. The molecule has 102 valence electrons. The molecule has 1 aliphatic rings. The Bertz CT molecular complexity index is 312. The SMILES string of the molecule is CCOC(=O)N(C)C=NC(=O)NC1CCCCC1. The van der Waals surface area contributed by atoms with Crippen LogP contribution in [0.3, 0.4) is 0 Å². The molecule has 1 saturated carbocycles. The molecule has 1 aliphatic carbocycles. The third-order valence-corrected chi connectivity index (χ3v) is 2.84. The number of nitrogens with one attached hydrogen (secondary N) is 1. The second kappa shape index (κ2) is 7.68. The van der Waals surface area contributed by atoms with Crippen molar-refractivity contribution in [3.63, 3.8) is 0 Å². The molecule has 0 aromatic heterocycles. The molecule has 0 aromatic carbocycles. The van der Waals surface area contributed by atoms with Gasteiger partial charge < -0.3 is 10.1 Å². The molecule has 0 heterocycles. The summed E-state index contributed by atoms with van der Waals surface area (Å²) in [6, 6.07) is -0.186. The van der Waals surface area contributed by atoms with Crippen LogP contribution in [0.1, 0.15) is 39.0 Å². The summed E-state index contributed by atoms with van der Waals surface area (Å²) in [5.74, 6) is 0. The summed E-state index contributed by atoms with van der Waals surface area (Å²) >= 11 is 0. The van der Waals surface area contributed by atoms with Crippen LogP contribution in [0.15, 0.2) is 4.99 Å². The fraction of sp³-hybridized carbons (Fsp3) is 0.750.